The van der Waals surface area contributed by atoms with Gasteiger partial charge in [0, 0.05) is 38.3 Å². The van der Waals surface area contributed by atoms with E-state index in [0.29, 0.717) is 13.0 Å². The van der Waals surface area contributed by atoms with E-state index in [1.807, 2.05) is 0 Å². The molecule has 1 aromatic heterocycles. The zero-order valence-electron chi connectivity index (χ0n) is 13.1. The normalized spacial score (nSPS) is 18.0. The molecule has 0 radical (unpaired) electrons. The second-order valence-corrected chi connectivity index (χ2v) is 5.79. The SMILES string of the molecule is Cn1c(=O)ccn(CC(=O)N2CCCC[C@@H]2CCC(=O)O)c1=O. The Kier molecular flexibility index (Phi) is 5.36. The van der Waals surface area contributed by atoms with Crippen LogP contribution in [-0.2, 0) is 23.2 Å². The fraction of sp³-hybridized carbons (Fsp3) is 0.600. The lowest BCUT2D eigenvalue weighted by molar-refractivity contribution is -0.140. The molecule has 126 valence electrons. The third-order valence-electron chi connectivity index (χ3n) is 4.20. The quantitative estimate of drug-likeness (QED) is 0.808. The highest BCUT2D eigenvalue weighted by atomic mass is 16.4. The Hall–Kier alpha value is -2.38. The summed E-state index contributed by atoms with van der Waals surface area (Å²) in [4.78, 5) is 48.3. The number of hydrogen-bond donors (Lipinski definition) is 1. The molecule has 1 N–H and O–H groups in total. The van der Waals surface area contributed by atoms with Gasteiger partial charge in [-0.15, -0.1) is 0 Å². The zero-order valence-corrected chi connectivity index (χ0v) is 13.1. The van der Waals surface area contributed by atoms with Gasteiger partial charge < -0.3 is 10.0 Å². The van der Waals surface area contributed by atoms with E-state index in [-0.39, 0.29) is 24.9 Å². The molecule has 1 atom stereocenters. The van der Waals surface area contributed by atoms with Gasteiger partial charge in [0.15, 0.2) is 0 Å². The first-order valence-electron chi connectivity index (χ1n) is 7.68. The van der Waals surface area contributed by atoms with Crippen LogP contribution in [0.25, 0.3) is 0 Å². The first-order valence-corrected chi connectivity index (χ1v) is 7.68. The average molecular weight is 323 g/mol. The van der Waals surface area contributed by atoms with Crippen LogP contribution in [0.3, 0.4) is 0 Å². The van der Waals surface area contributed by atoms with Gasteiger partial charge in [-0.1, -0.05) is 0 Å². The molecule has 2 heterocycles. The number of rotatable bonds is 5. The van der Waals surface area contributed by atoms with Gasteiger partial charge in [0.05, 0.1) is 0 Å². The van der Waals surface area contributed by atoms with Crippen molar-refractivity contribution in [3.63, 3.8) is 0 Å². The predicted molar refractivity (Wildman–Crippen MR) is 82.2 cm³/mol. The average Bonchev–Trinajstić information content (AvgIpc) is 2.53. The molecule has 0 aliphatic carbocycles. The second kappa shape index (κ2) is 7.26. The van der Waals surface area contributed by atoms with Crippen molar-refractivity contribution in [2.45, 2.75) is 44.7 Å². The Morgan fingerprint density at radius 1 is 1.30 bits per heavy atom. The number of hydrogen-bond acceptors (Lipinski definition) is 4. The number of carbonyl (C=O) groups excluding carboxylic acids is 1. The van der Waals surface area contributed by atoms with Gasteiger partial charge in [-0.05, 0) is 25.7 Å². The molecule has 1 amide bonds. The van der Waals surface area contributed by atoms with Crippen molar-refractivity contribution in [3.8, 4) is 0 Å². The van der Waals surface area contributed by atoms with Crippen LogP contribution in [0.15, 0.2) is 21.9 Å². The maximum absolute atomic E-state index is 12.5. The fourth-order valence-electron chi connectivity index (χ4n) is 2.89. The molecule has 1 aliphatic rings. The van der Waals surface area contributed by atoms with Gasteiger partial charge in [-0.3, -0.25) is 23.5 Å². The van der Waals surface area contributed by atoms with Gasteiger partial charge in [0.2, 0.25) is 5.91 Å². The first kappa shape index (κ1) is 17.0. The van der Waals surface area contributed by atoms with Crippen molar-refractivity contribution < 1.29 is 14.7 Å². The topological polar surface area (TPSA) is 102 Å². The van der Waals surface area contributed by atoms with E-state index in [2.05, 4.69) is 0 Å². The van der Waals surface area contributed by atoms with E-state index in [9.17, 15) is 19.2 Å². The number of carbonyl (C=O) groups is 2. The summed E-state index contributed by atoms with van der Waals surface area (Å²) >= 11 is 0. The molecule has 8 nitrogen and oxygen atoms in total. The minimum atomic E-state index is -0.878. The predicted octanol–water partition coefficient (Wildman–Crippen LogP) is -0.207. The van der Waals surface area contributed by atoms with Crippen LogP contribution in [-0.4, -0.2) is 43.6 Å². The highest BCUT2D eigenvalue weighted by Crippen LogP contribution is 2.21. The van der Waals surface area contributed by atoms with Crippen molar-refractivity contribution in [3.05, 3.63) is 33.1 Å². The summed E-state index contributed by atoms with van der Waals surface area (Å²) in [5.41, 5.74) is -0.957. The van der Waals surface area contributed by atoms with E-state index in [4.69, 9.17) is 5.11 Å². The summed E-state index contributed by atoms with van der Waals surface area (Å²) in [7, 11) is 1.36. The zero-order chi connectivity index (χ0) is 17.0. The Balaban J connectivity index is 2.11. The van der Waals surface area contributed by atoms with Crippen molar-refractivity contribution in [1.82, 2.24) is 14.0 Å². The monoisotopic (exact) mass is 323 g/mol. The number of carboxylic acids is 1. The lowest BCUT2D eigenvalue weighted by atomic mass is 9.98. The van der Waals surface area contributed by atoms with E-state index < -0.39 is 17.2 Å². The number of aromatic nitrogens is 2. The number of carboxylic acid groups (broad SMARTS) is 1. The molecule has 1 aromatic rings. The molecule has 1 fully saturated rings. The molecule has 0 bridgehead atoms. The summed E-state index contributed by atoms with van der Waals surface area (Å²) in [6, 6.07) is 1.14. The van der Waals surface area contributed by atoms with Crippen LogP contribution in [0, 0.1) is 0 Å². The number of piperidine rings is 1. The summed E-state index contributed by atoms with van der Waals surface area (Å²) in [5.74, 6) is -1.10. The Labute approximate surface area is 132 Å². The molecule has 1 aliphatic heterocycles. The van der Waals surface area contributed by atoms with Gasteiger partial charge in [0.1, 0.15) is 6.54 Å². The van der Waals surface area contributed by atoms with E-state index in [0.717, 1.165) is 23.8 Å². The van der Waals surface area contributed by atoms with Crippen molar-refractivity contribution in [2.24, 2.45) is 7.05 Å². The highest BCUT2D eigenvalue weighted by molar-refractivity contribution is 5.76. The Morgan fingerprint density at radius 2 is 2.04 bits per heavy atom. The minimum Gasteiger partial charge on any atom is -0.481 e. The van der Waals surface area contributed by atoms with Crippen molar-refractivity contribution >= 4 is 11.9 Å². The Bertz CT molecular complexity index is 706. The van der Waals surface area contributed by atoms with E-state index in [1.54, 1.807) is 4.90 Å². The number of nitrogens with zero attached hydrogens (tertiary/aromatic N) is 3. The van der Waals surface area contributed by atoms with Crippen LogP contribution < -0.4 is 11.2 Å². The van der Waals surface area contributed by atoms with Gasteiger partial charge in [0.25, 0.3) is 5.56 Å². The van der Waals surface area contributed by atoms with Crippen LogP contribution >= 0.6 is 0 Å². The molecule has 8 heteroatoms. The van der Waals surface area contributed by atoms with Crippen LogP contribution in [0.1, 0.15) is 32.1 Å². The summed E-state index contributed by atoms with van der Waals surface area (Å²) in [6.45, 7) is 0.431. The van der Waals surface area contributed by atoms with Gasteiger partial charge in [-0.25, -0.2) is 4.79 Å². The number of amides is 1. The largest absolute Gasteiger partial charge is 0.481 e. The van der Waals surface area contributed by atoms with Crippen LogP contribution in [0.2, 0.25) is 0 Å². The Morgan fingerprint density at radius 3 is 2.74 bits per heavy atom. The van der Waals surface area contributed by atoms with Crippen molar-refractivity contribution in [2.75, 3.05) is 6.54 Å². The smallest absolute Gasteiger partial charge is 0.331 e. The molecular formula is C15H21N3O5. The van der Waals surface area contributed by atoms with Gasteiger partial charge >= 0.3 is 11.7 Å². The maximum Gasteiger partial charge on any atom is 0.331 e. The molecule has 0 aromatic carbocycles. The second-order valence-electron chi connectivity index (χ2n) is 5.79. The summed E-state index contributed by atoms with van der Waals surface area (Å²) < 4.78 is 2.15. The lowest BCUT2D eigenvalue weighted by Crippen LogP contribution is -2.47. The third-order valence-corrected chi connectivity index (χ3v) is 4.20. The van der Waals surface area contributed by atoms with Gasteiger partial charge in [-0.2, -0.15) is 0 Å². The molecule has 1 saturated heterocycles. The number of aliphatic carboxylic acids is 1. The molecule has 0 spiro atoms. The van der Waals surface area contributed by atoms with Crippen molar-refractivity contribution in [1.29, 1.82) is 0 Å². The molecule has 23 heavy (non-hydrogen) atoms. The third kappa shape index (κ3) is 4.08. The molecular weight excluding hydrogens is 302 g/mol. The summed E-state index contributed by atoms with van der Waals surface area (Å²) in [6.07, 6.45) is 4.38. The molecule has 2 rings (SSSR count). The van der Waals surface area contributed by atoms with E-state index in [1.165, 1.54) is 23.9 Å². The highest BCUT2D eigenvalue weighted by Gasteiger charge is 2.27. The first-order chi connectivity index (χ1) is 10.9. The molecule has 0 unspecified atom stereocenters. The molecule has 0 saturated carbocycles. The fourth-order valence-corrected chi connectivity index (χ4v) is 2.89. The standard InChI is InChI=1S/C15H21N3O5/c1-16-12(19)7-9-17(15(16)23)10-13(20)18-8-3-2-4-11(18)5-6-14(21)22/h7,9,11H,2-6,8,10H2,1H3,(H,21,22)/t11-/m1/s1. The summed E-state index contributed by atoms with van der Waals surface area (Å²) in [5, 5.41) is 8.82. The van der Waals surface area contributed by atoms with Crippen LogP contribution in [0.4, 0.5) is 0 Å². The lowest BCUT2D eigenvalue weighted by Gasteiger charge is -2.35. The van der Waals surface area contributed by atoms with Crippen LogP contribution in [0.5, 0.6) is 0 Å². The van der Waals surface area contributed by atoms with E-state index >= 15 is 0 Å². The number of likely N-dealkylation sites (tertiary alicyclic amines) is 1. The minimum absolute atomic E-state index is 0.0221. The maximum atomic E-state index is 12.5.